The van der Waals surface area contributed by atoms with Crippen LogP contribution in [-0.4, -0.2) is 11.1 Å². The van der Waals surface area contributed by atoms with Crippen LogP contribution < -0.4 is 0 Å². The lowest BCUT2D eigenvalue weighted by Crippen LogP contribution is -2.10. The van der Waals surface area contributed by atoms with Crippen LogP contribution >= 0.6 is 50.1 Å². The van der Waals surface area contributed by atoms with Gasteiger partial charge in [0.05, 0.1) is 15.9 Å². The normalized spacial score (nSPS) is 11.6. The maximum absolute atomic E-state index is 12.5. The molecule has 88 valence electrons. The van der Waals surface area contributed by atoms with Gasteiger partial charge in [0.15, 0.2) is 5.78 Å². The van der Waals surface area contributed by atoms with Gasteiger partial charge in [0.25, 0.3) is 0 Å². The molecular formula is C9H4BrClF3IO. The van der Waals surface area contributed by atoms with Gasteiger partial charge in [-0.2, -0.15) is 13.2 Å². The summed E-state index contributed by atoms with van der Waals surface area (Å²) in [6.07, 6.45) is -4.48. The zero-order valence-electron chi connectivity index (χ0n) is 7.54. The van der Waals surface area contributed by atoms with E-state index < -0.39 is 17.5 Å². The molecule has 0 amide bonds. The molecule has 0 fully saturated rings. The molecule has 0 radical (unpaired) electrons. The molecule has 0 saturated heterocycles. The van der Waals surface area contributed by atoms with Crippen molar-refractivity contribution in [1.82, 2.24) is 0 Å². The number of hydrogen-bond acceptors (Lipinski definition) is 1. The largest absolute Gasteiger partial charge is 0.416 e. The molecule has 0 aliphatic carbocycles. The van der Waals surface area contributed by atoms with Crippen molar-refractivity contribution in [2.24, 2.45) is 0 Å². The van der Waals surface area contributed by atoms with Gasteiger partial charge < -0.3 is 0 Å². The number of carbonyl (C=O) groups excluding carboxylic acids is 1. The smallest absolute Gasteiger partial charge is 0.293 e. The van der Waals surface area contributed by atoms with Crippen molar-refractivity contribution in [3.8, 4) is 0 Å². The zero-order valence-corrected chi connectivity index (χ0v) is 12.0. The monoisotopic (exact) mass is 426 g/mol. The van der Waals surface area contributed by atoms with Crippen LogP contribution in [0.1, 0.15) is 15.9 Å². The molecule has 0 aromatic heterocycles. The molecule has 0 aliphatic rings. The fourth-order valence-electron chi connectivity index (χ4n) is 1.03. The second kappa shape index (κ2) is 5.22. The minimum absolute atomic E-state index is 0.0538. The molecule has 7 heteroatoms. The SMILES string of the molecule is O=C(CBr)c1cc(C(F)(F)F)cc(I)c1Cl. The Morgan fingerprint density at radius 3 is 2.44 bits per heavy atom. The molecule has 0 spiro atoms. The maximum Gasteiger partial charge on any atom is 0.416 e. The van der Waals surface area contributed by atoms with Crippen LogP contribution in [0.4, 0.5) is 13.2 Å². The van der Waals surface area contributed by atoms with Gasteiger partial charge in [0.1, 0.15) is 0 Å². The van der Waals surface area contributed by atoms with Crippen LogP contribution in [0.2, 0.25) is 5.02 Å². The van der Waals surface area contributed by atoms with Crippen molar-refractivity contribution in [2.75, 3.05) is 5.33 Å². The average Bonchev–Trinajstić information content (AvgIpc) is 2.19. The highest BCUT2D eigenvalue weighted by Crippen LogP contribution is 2.34. The third-order valence-corrected chi connectivity index (χ3v) is 3.86. The summed E-state index contributed by atoms with van der Waals surface area (Å²) in [6.45, 7) is 0. The van der Waals surface area contributed by atoms with Crippen molar-refractivity contribution in [3.63, 3.8) is 0 Å². The van der Waals surface area contributed by atoms with Gasteiger partial charge in [-0.25, -0.2) is 0 Å². The molecular weight excluding hydrogens is 423 g/mol. The molecule has 0 atom stereocenters. The number of rotatable bonds is 2. The number of hydrogen-bond donors (Lipinski definition) is 0. The van der Waals surface area contributed by atoms with Gasteiger partial charge in [-0.15, -0.1) is 0 Å². The summed E-state index contributed by atoms with van der Waals surface area (Å²) in [5, 5.41) is -0.0116. The molecule has 1 aromatic rings. The van der Waals surface area contributed by atoms with Crippen LogP contribution in [0.15, 0.2) is 12.1 Å². The number of benzene rings is 1. The minimum Gasteiger partial charge on any atom is -0.293 e. The lowest BCUT2D eigenvalue weighted by Gasteiger charge is -2.11. The Bertz CT molecular complexity index is 433. The zero-order chi connectivity index (χ0) is 12.5. The molecule has 1 rings (SSSR count). The Morgan fingerprint density at radius 1 is 1.44 bits per heavy atom. The molecule has 1 nitrogen and oxygen atoms in total. The quantitative estimate of drug-likeness (QED) is 0.385. The van der Waals surface area contributed by atoms with Gasteiger partial charge in [-0.3, -0.25) is 4.79 Å². The summed E-state index contributed by atoms with van der Waals surface area (Å²) >= 11 is 10.3. The van der Waals surface area contributed by atoms with Crippen molar-refractivity contribution in [2.45, 2.75) is 6.18 Å². The summed E-state index contributed by atoms with van der Waals surface area (Å²) in [4.78, 5) is 11.4. The molecule has 0 N–H and O–H groups in total. The Kier molecular flexibility index (Phi) is 4.65. The molecule has 1 aromatic carbocycles. The first-order valence-electron chi connectivity index (χ1n) is 3.92. The number of carbonyl (C=O) groups is 1. The van der Waals surface area contributed by atoms with Crippen molar-refractivity contribution in [1.29, 1.82) is 0 Å². The number of ketones is 1. The summed E-state index contributed by atoms with van der Waals surface area (Å²) in [7, 11) is 0. The molecule has 16 heavy (non-hydrogen) atoms. The highest BCUT2D eigenvalue weighted by atomic mass is 127. The second-order valence-corrected chi connectivity index (χ2v) is 4.98. The lowest BCUT2D eigenvalue weighted by molar-refractivity contribution is -0.137. The first kappa shape index (κ1) is 14.2. The predicted molar refractivity (Wildman–Crippen MR) is 67.3 cm³/mol. The Morgan fingerprint density at radius 2 is 2.00 bits per heavy atom. The summed E-state index contributed by atoms with van der Waals surface area (Å²) in [5.41, 5.74) is -0.983. The van der Waals surface area contributed by atoms with Crippen LogP contribution in [0.25, 0.3) is 0 Å². The van der Waals surface area contributed by atoms with Gasteiger partial charge in [0.2, 0.25) is 0 Å². The predicted octanol–water partition coefficient (Wildman–Crippen LogP) is 4.54. The third-order valence-electron chi connectivity index (χ3n) is 1.78. The fourth-order valence-corrected chi connectivity index (χ4v) is 2.17. The molecule has 0 saturated carbocycles. The Hall–Kier alpha value is 0.180. The van der Waals surface area contributed by atoms with E-state index in [0.717, 1.165) is 12.1 Å². The van der Waals surface area contributed by atoms with E-state index in [9.17, 15) is 18.0 Å². The van der Waals surface area contributed by atoms with Crippen LogP contribution in [0.3, 0.4) is 0 Å². The number of Topliss-reactive ketones (excluding diaryl/α,β-unsaturated/α-hetero) is 1. The van der Waals surface area contributed by atoms with E-state index in [0.29, 0.717) is 0 Å². The van der Waals surface area contributed by atoms with Gasteiger partial charge >= 0.3 is 6.18 Å². The molecule has 0 unspecified atom stereocenters. The number of halogens is 6. The van der Waals surface area contributed by atoms with Crippen molar-refractivity contribution >= 4 is 55.9 Å². The van der Waals surface area contributed by atoms with E-state index >= 15 is 0 Å². The van der Waals surface area contributed by atoms with Gasteiger partial charge in [-0.05, 0) is 34.7 Å². The van der Waals surface area contributed by atoms with Crippen LogP contribution in [0.5, 0.6) is 0 Å². The first-order chi connectivity index (χ1) is 7.27. The van der Waals surface area contributed by atoms with E-state index in [1.165, 1.54) is 0 Å². The highest BCUT2D eigenvalue weighted by molar-refractivity contribution is 14.1. The first-order valence-corrected chi connectivity index (χ1v) is 6.50. The van der Waals surface area contributed by atoms with E-state index in [1.807, 2.05) is 0 Å². The molecule has 0 heterocycles. The van der Waals surface area contributed by atoms with Crippen molar-refractivity contribution < 1.29 is 18.0 Å². The van der Waals surface area contributed by atoms with Crippen LogP contribution in [-0.2, 0) is 6.18 Å². The molecule has 0 aliphatic heterocycles. The van der Waals surface area contributed by atoms with Crippen molar-refractivity contribution in [3.05, 3.63) is 31.9 Å². The fraction of sp³-hybridized carbons (Fsp3) is 0.222. The van der Waals surface area contributed by atoms with E-state index in [4.69, 9.17) is 11.6 Å². The lowest BCUT2D eigenvalue weighted by atomic mass is 10.1. The summed E-state index contributed by atoms with van der Waals surface area (Å²) in [6, 6.07) is 1.68. The molecule has 0 bridgehead atoms. The second-order valence-electron chi connectivity index (χ2n) is 2.87. The maximum atomic E-state index is 12.5. The van der Waals surface area contributed by atoms with E-state index in [2.05, 4.69) is 15.9 Å². The third kappa shape index (κ3) is 3.10. The van der Waals surface area contributed by atoms with Gasteiger partial charge in [0, 0.05) is 9.13 Å². The Labute approximate surface area is 117 Å². The summed E-state index contributed by atoms with van der Waals surface area (Å²) < 4.78 is 37.6. The standard InChI is InChI=1S/C9H4BrClF3IO/c10-3-7(16)5-1-4(9(12,13)14)2-6(15)8(5)11/h1-2H,3H2. The summed E-state index contributed by atoms with van der Waals surface area (Å²) in [5.74, 6) is -0.478. The minimum atomic E-state index is -4.48. The topological polar surface area (TPSA) is 17.1 Å². The van der Waals surface area contributed by atoms with Gasteiger partial charge in [-0.1, -0.05) is 27.5 Å². The highest BCUT2D eigenvalue weighted by Gasteiger charge is 2.32. The van der Waals surface area contributed by atoms with E-state index in [1.54, 1.807) is 22.6 Å². The van der Waals surface area contributed by atoms with Crippen LogP contribution in [0, 0.1) is 3.57 Å². The number of alkyl halides is 4. The Balaban J connectivity index is 3.39. The van der Waals surface area contributed by atoms with E-state index in [-0.39, 0.29) is 19.5 Å². The average molecular weight is 427 g/mol.